The maximum Gasteiger partial charge on any atom is 0.323 e. The van der Waals surface area contributed by atoms with Crippen molar-refractivity contribution in [2.24, 2.45) is 0 Å². The van der Waals surface area contributed by atoms with E-state index in [2.05, 4.69) is 26.3 Å². The predicted octanol–water partition coefficient (Wildman–Crippen LogP) is 3.24. The van der Waals surface area contributed by atoms with Gasteiger partial charge in [-0.2, -0.15) is 0 Å². The lowest BCUT2D eigenvalue weighted by atomic mass is 10.2. The molecular formula is C20H19N5O2S. The average Bonchev–Trinajstić information content (AvgIpc) is 3.37. The molecule has 3 heterocycles. The highest BCUT2D eigenvalue weighted by atomic mass is 32.1. The molecule has 0 aliphatic carbocycles. The molecule has 0 spiro atoms. The lowest BCUT2D eigenvalue weighted by molar-refractivity contribution is -0.117. The van der Waals surface area contributed by atoms with E-state index in [1.807, 2.05) is 18.2 Å². The molecule has 142 valence electrons. The second-order valence-electron chi connectivity index (χ2n) is 7.04. The first-order valence-electron chi connectivity index (χ1n) is 9.27. The van der Waals surface area contributed by atoms with Crippen LogP contribution in [-0.2, 0) is 4.79 Å². The lowest BCUT2D eigenvalue weighted by Gasteiger charge is -2.22. The van der Waals surface area contributed by atoms with Crippen LogP contribution in [-0.4, -0.2) is 38.8 Å². The van der Waals surface area contributed by atoms with E-state index in [4.69, 9.17) is 4.98 Å². The summed E-state index contributed by atoms with van der Waals surface area (Å²) in [6, 6.07) is 13.7. The summed E-state index contributed by atoms with van der Waals surface area (Å²) in [5, 5.41) is 4.02. The molecule has 7 nitrogen and oxygen atoms in total. The van der Waals surface area contributed by atoms with Crippen LogP contribution in [0.15, 0.2) is 47.3 Å². The van der Waals surface area contributed by atoms with Gasteiger partial charge in [0.2, 0.25) is 5.91 Å². The number of carbonyl (C=O) groups excluding carboxylic acids is 1. The van der Waals surface area contributed by atoms with E-state index in [0.717, 1.165) is 35.4 Å². The van der Waals surface area contributed by atoms with Crippen molar-refractivity contribution in [3.05, 3.63) is 58.0 Å². The molecule has 2 aromatic carbocycles. The van der Waals surface area contributed by atoms with Crippen LogP contribution in [0, 0.1) is 0 Å². The Morgan fingerprint density at radius 1 is 1.21 bits per heavy atom. The van der Waals surface area contributed by atoms with Crippen LogP contribution in [0.4, 0.5) is 5.69 Å². The first-order valence-corrected chi connectivity index (χ1v) is 10.1. The van der Waals surface area contributed by atoms with Gasteiger partial charge in [0.05, 0.1) is 33.8 Å². The topological polar surface area (TPSA) is 93.9 Å². The first-order chi connectivity index (χ1) is 13.7. The van der Waals surface area contributed by atoms with Crippen molar-refractivity contribution in [3.63, 3.8) is 0 Å². The largest absolute Gasteiger partial charge is 0.325 e. The third-order valence-electron chi connectivity index (χ3n) is 5.11. The van der Waals surface area contributed by atoms with Gasteiger partial charge < -0.3 is 15.3 Å². The molecule has 1 atom stereocenters. The van der Waals surface area contributed by atoms with Crippen molar-refractivity contribution in [2.75, 3.05) is 18.4 Å². The summed E-state index contributed by atoms with van der Waals surface area (Å²) in [5.41, 5.74) is 2.83. The number of nitrogens with one attached hydrogen (secondary N) is 3. The third-order valence-corrected chi connectivity index (χ3v) is 6.24. The van der Waals surface area contributed by atoms with Crippen LogP contribution in [0.25, 0.3) is 21.3 Å². The van der Waals surface area contributed by atoms with Gasteiger partial charge in [0, 0.05) is 5.69 Å². The van der Waals surface area contributed by atoms with Gasteiger partial charge in [-0.1, -0.05) is 12.1 Å². The summed E-state index contributed by atoms with van der Waals surface area (Å²) in [7, 11) is 0. The highest BCUT2D eigenvalue weighted by Gasteiger charge is 2.30. The molecule has 3 N–H and O–H groups in total. The van der Waals surface area contributed by atoms with E-state index in [1.54, 1.807) is 29.5 Å². The Kier molecular flexibility index (Phi) is 4.22. The van der Waals surface area contributed by atoms with Crippen molar-refractivity contribution in [1.82, 2.24) is 19.9 Å². The number of carbonyl (C=O) groups is 1. The molecule has 28 heavy (non-hydrogen) atoms. The molecule has 0 radical (unpaired) electrons. The minimum Gasteiger partial charge on any atom is -0.325 e. The van der Waals surface area contributed by atoms with Crippen molar-refractivity contribution in [2.45, 2.75) is 18.9 Å². The van der Waals surface area contributed by atoms with Crippen LogP contribution in [0.3, 0.4) is 0 Å². The molecule has 1 amide bonds. The Morgan fingerprint density at radius 2 is 2.07 bits per heavy atom. The summed E-state index contributed by atoms with van der Waals surface area (Å²) in [5.74, 6) is -0.0646. The number of hydrogen-bond donors (Lipinski definition) is 3. The third kappa shape index (κ3) is 3.21. The van der Waals surface area contributed by atoms with Crippen LogP contribution < -0.4 is 11.0 Å². The van der Waals surface area contributed by atoms with Crippen molar-refractivity contribution < 1.29 is 4.79 Å². The number of nitrogens with zero attached hydrogens (tertiary/aromatic N) is 2. The van der Waals surface area contributed by atoms with Gasteiger partial charge in [-0.05, 0) is 49.7 Å². The fourth-order valence-corrected chi connectivity index (χ4v) is 4.96. The number of hydrogen-bond acceptors (Lipinski definition) is 5. The van der Waals surface area contributed by atoms with Gasteiger partial charge in [0.15, 0.2) is 0 Å². The molecule has 8 heteroatoms. The number of aromatic amines is 2. The van der Waals surface area contributed by atoms with Crippen molar-refractivity contribution in [1.29, 1.82) is 0 Å². The first kappa shape index (κ1) is 17.2. The van der Waals surface area contributed by atoms with E-state index in [0.29, 0.717) is 17.7 Å². The molecule has 2 aromatic heterocycles. The predicted molar refractivity (Wildman–Crippen MR) is 111 cm³/mol. The van der Waals surface area contributed by atoms with Crippen molar-refractivity contribution in [3.8, 4) is 0 Å². The number of rotatable bonds is 4. The molecule has 1 aliphatic heterocycles. The van der Waals surface area contributed by atoms with Gasteiger partial charge in [-0.15, -0.1) is 11.3 Å². The Hall–Kier alpha value is -2.97. The Bertz CT molecular complexity index is 1190. The monoisotopic (exact) mass is 393 g/mol. The summed E-state index contributed by atoms with van der Waals surface area (Å²) >= 11 is 1.71. The number of benzene rings is 2. The summed E-state index contributed by atoms with van der Waals surface area (Å²) in [6.07, 6.45) is 2.08. The number of anilines is 1. The maximum atomic E-state index is 12.6. The van der Waals surface area contributed by atoms with E-state index < -0.39 is 0 Å². The van der Waals surface area contributed by atoms with Crippen molar-refractivity contribution >= 4 is 44.2 Å². The molecule has 4 aromatic rings. The molecule has 1 aliphatic rings. The molecule has 1 fully saturated rings. The second-order valence-corrected chi connectivity index (χ2v) is 8.10. The van der Waals surface area contributed by atoms with Crippen LogP contribution in [0.1, 0.15) is 23.9 Å². The Labute approximate surface area is 164 Å². The van der Waals surface area contributed by atoms with Crippen LogP contribution >= 0.6 is 11.3 Å². The number of imidazole rings is 1. The minimum atomic E-state index is -0.255. The number of para-hydroxylation sites is 1. The van der Waals surface area contributed by atoms with E-state index in [1.165, 1.54) is 4.70 Å². The lowest BCUT2D eigenvalue weighted by Crippen LogP contribution is -2.32. The van der Waals surface area contributed by atoms with Gasteiger partial charge in [-0.25, -0.2) is 9.78 Å². The fraction of sp³-hybridized carbons (Fsp3) is 0.250. The zero-order valence-corrected chi connectivity index (χ0v) is 15.9. The number of thiazole rings is 1. The number of aromatic nitrogens is 3. The molecule has 0 saturated carbocycles. The molecule has 0 bridgehead atoms. The molecule has 1 saturated heterocycles. The zero-order chi connectivity index (χ0) is 19.1. The van der Waals surface area contributed by atoms with E-state index in [-0.39, 0.29) is 17.6 Å². The van der Waals surface area contributed by atoms with Crippen LogP contribution in [0.5, 0.6) is 0 Å². The molecular weight excluding hydrogens is 374 g/mol. The number of fused-ring (bicyclic) bond motifs is 2. The summed E-state index contributed by atoms with van der Waals surface area (Å²) < 4.78 is 1.18. The number of amides is 1. The van der Waals surface area contributed by atoms with Gasteiger partial charge >= 0.3 is 5.69 Å². The van der Waals surface area contributed by atoms with E-state index in [9.17, 15) is 9.59 Å². The van der Waals surface area contributed by atoms with Gasteiger partial charge in [0.25, 0.3) is 0 Å². The molecule has 5 rings (SSSR count). The van der Waals surface area contributed by atoms with Gasteiger partial charge in [-0.3, -0.25) is 9.69 Å². The smallest absolute Gasteiger partial charge is 0.323 e. The SMILES string of the molecule is O=C(CN1CCC[C@H]1c1nc2ccccc2s1)Nc1ccc2[nH]c(=O)[nH]c2c1. The van der Waals surface area contributed by atoms with Gasteiger partial charge in [0.1, 0.15) is 5.01 Å². The van der Waals surface area contributed by atoms with E-state index >= 15 is 0 Å². The highest BCUT2D eigenvalue weighted by molar-refractivity contribution is 7.18. The average molecular weight is 393 g/mol. The summed E-state index contributed by atoms with van der Waals surface area (Å²) in [4.78, 5) is 36.4. The second kappa shape index (κ2) is 6.88. The maximum absolute atomic E-state index is 12.6. The normalized spacial score (nSPS) is 17.5. The number of likely N-dealkylation sites (tertiary alicyclic amines) is 1. The Balaban J connectivity index is 1.31. The quantitative estimate of drug-likeness (QED) is 0.496. The Morgan fingerprint density at radius 3 is 2.96 bits per heavy atom. The minimum absolute atomic E-state index is 0.0646. The van der Waals surface area contributed by atoms with Crippen LogP contribution in [0.2, 0.25) is 0 Å². The zero-order valence-electron chi connectivity index (χ0n) is 15.1. The fourth-order valence-electron chi connectivity index (χ4n) is 3.82. The number of H-pyrrole nitrogens is 2. The highest BCUT2D eigenvalue weighted by Crippen LogP contribution is 2.36. The molecule has 0 unspecified atom stereocenters. The standard InChI is InChI=1S/C20H19N5O2S/c26-18(21-12-7-8-13-15(10-12)24-20(27)23-13)11-25-9-3-5-16(25)19-22-14-4-1-2-6-17(14)28-19/h1-2,4,6-8,10,16H,3,5,9,11H2,(H,21,26)(H2,23,24,27)/t16-/m0/s1. The summed E-state index contributed by atoms with van der Waals surface area (Å²) in [6.45, 7) is 1.21.